The van der Waals surface area contributed by atoms with E-state index >= 15 is 0 Å². The Hall–Kier alpha value is -0.370. The highest BCUT2D eigenvalue weighted by Crippen LogP contribution is 2.08. The lowest BCUT2D eigenvalue weighted by Gasteiger charge is -2.17. The summed E-state index contributed by atoms with van der Waals surface area (Å²) < 4.78 is 0. The van der Waals surface area contributed by atoms with Crippen molar-refractivity contribution in [2.24, 2.45) is 10.4 Å². The molecule has 0 aliphatic carbocycles. The first-order valence-corrected chi connectivity index (χ1v) is 3.20. The number of hydrogen-bond donors (Lipinski definition) is 1. The molecule has 0 aromatic rings. The molecule has 0 amide bonds. The monoisotopic (exact) mass is 128 g/mol. The van der Waals surface area contributed by atoms with Crippen LogP contribution in [-0.4, -0.2) is 26.9 Å². The van der Waals surface area contributed by atoms with Crippen LogP contribution in [0.5, 0.6) is 0 Å². The second kappa shape index (κ2) is 3.62. The fourth-order valence-electron chi connectivity index (χ4n) is 0.851. The molecule has 1 N–H and O–H groups in total. The van der Waals surface area contributed by atoms with E-state index < -0.39 is 0 Å². The predicted molar refractivity (Wildman–Crippen MR) is 42.1 cm³/mol. The van der Waals surface area contributed by atoms with Gasteiger partial charge in [-0.1, -0.05) is 13.8 Å². The Morgan fingerprint density at radius 1 is 1.56 bits per heavy atom. The van der Waals surface area contributed by atoms with Crippen LogP contribution in [0.15, 0.2) is 4.99 Å². The standard InChI is InChI=1S/C7H16N2/c1-7(2,5-8-3)6-9-4/h5,9H,6H2,1-4H3/b8-5-. The Balaban J connectivity index is 3.70. The second-order valence-corrected chi connectivity index (χ2v) is 2.91. The van der Waals surface area contributed by atoms with Crippen molar-refractivity contribution in [1.82, 2.24) is 5.32 Å². The lowest BCUT2D eigenvalue weighted by molar-refractivity contribution is 0.501. The van der Waals surface area contributed by atoms with Gasteiger partial charge in [0, 0.05) is 25.2 Å². The summed E-state index contributed by atoms with van der Waals surface area (Å²) in [5.41, 5.74) is 0.198. The summed E-state index contributed by atoms with van der Waals surface area (Å²) in [6.45, 7) is 5.28. The van der Waals surface area contributed by atoms with E-state index in [1.165, 1.54) is 0 Å². The van der Waals surface area contributed by atoms with Gasteiger partial charge in [0.15, 0.2) is 0 Å². The van der Waals surface area contributed by atoms with E-state index in [-0.39, 0.29) is 5.41 Å². The van der Waals surface area contributed by atoms with Gasteiger partial charge in [-0.2, -0.15) is 0 Å². The average molecular weight is 128 g/mol. The minimum atomic E-state index is 0.198. The van der Waals surface area contributed by atoms with E-state index in [4.69, 9.17) is 0 Å². The zero-order chi connectivity index (χ0) is 7.33. The molecule has 0 saturated carbocycles. The molecular weight excluding hydrogens is 112 g/mol. The fraction of sp³-hybridized carbons (Fsp3) is 0.857. The topological polar surface area (TPSA) is 24.4 Å². The molecule has 0 spiro atoms. The van der Waals surface area contributed by atoms with Crippen LogP contribution in [0.25, 0.3) is 0 Å². The number of nitrogens with one attached hydrogen (secondary N) is 1. The van der Waals surface area contributed by atoms with Gasteiger partial charge in [0.05, 0.1) is 0 Å². The normalized spacial score (nSPS) is 12.9. The lowest BCUT2D eigenvalue weighted by atomic mass is 9.96. The molecular formula is C7H16N2. The minimum absolute atomic E-state index is 0.198. The highest BCUT2D eigenvalue weighted by Gasteiger charge is 2.11. The SMILES string of the molecule is C/N=C\C(C)(C)CNC. The van der Waals surface area contributed by atoms with Gasteiger partial charge in [-0.3, -0.25) is 0 Å². The molecule has 0 rings (SSSR count). The van der Waals surface area contributed by atoms with E-state index in [2.05, 4.69) is 24.2 Å². The van der Waals surface area contributed by atoms with Gasteiger partial charge in [0.2, 0.25) is 0 Å². The van der Waals surface area contributed by atoms with Crippen LogP contribution in [0.4, 0.5) is 0 Å². The molecule has 9 heavy (non-hydrogen) atoms. The molecule has 2 heteroatoms. The van der Waals surface area contributed by atoms with Gasteiger partial charge in [0.25, 0.3) is 0 Å². The Morgan fingerprint density at radius 3 is 2.44 bits per heavy atom. The smallest absolute Gasteiger partial charge is 0.0273 e. The maximum absolute atomic E-state index is 3.96. The van der Waals surface area contributed by atoms with Crippen LogP contribution in [0.2, 0.25) is 0 Å². The molecule has 0 unspecified atom stereocenters. The number of hydrogen-bond acceptors (Lipinski definition) is 2. The Kier molecular flexibility index (Phi) is 3.47. The molecule has 0 aromatic heterocycles. The van der Waals surface area contributed by atoms with Gasteiger partial charge in [-0.15, -0.1) is 0 Å². The van der Waals surface area contributed by atoms with E-state index in [1.807, 2.05) is 13.3 Å². The molecule has 0 aliphatic heterocycles. The summed E-state index contributed by atoms with van der Waals surface area (Å²) in [7, 11) is 3.75. The third-order valence-electron chi connectivity index (χ3n) is 1.11. The summed E-state index contributed by atoms with van der Waals surface area (Å²) in [5, 5.41) is 3.10. The molecule has 0 saturated heterocycles. The molecule has 0 aromatic carbocycles. The quantitative estimate of drug-likeness (QED) is 0.562. The molecule has 0 heterocycles. The molecule has 0 radical (unpaired) electrons. The van der Waals surface area contributed by atoms with E-state index in [1.54, 1.807) is 7.05 Å². The summed E-state index contributed by atoms with van der Waals surface area (Å²) in [6.07, 6.45) is 1.96. The molecule has 0 aliphatic rings. The third-order valence-corrected chi connectivity index (χ3v) is 1.11. The molecule has 54 valence electrons. The van der Waals surface area contributed by atoms with Crippen molar-refractivity contribution in [3.63, 3.8) is 0 Å². The van der Waals surface area contributed by atoms with Gasteiger partial charge in [-0.25, -0.2) is 0 Å². The first kappa shape index (κ1) is 8.63. The van der Waals surface area contributed by atoms with Gasteiger partial charge < -0.3 is 10.3 Å². The van der Waals surface area contributed by atoms with Crippen LogP contribution in [-0.2, 0) is 0 Å². The van der Waals surface area contributed by atoms with Crippen LogP contribution in [0.3, 0.4) is 0 Å². The van der Waals surface area contributed by atoms with Crippen LogP contribution in [0, 0.1) is 5.41 Å². The van der Waals surface area contributed by atoms with E-state index in [0.717, 1.165) is 6.54 Å². The zero-order valence-corrected chi connectivity index (χ0v) is 6.73. The Labute approximate surface area is 57.4 Å². The maximum Gasteiger partial charge on any atom is 0.0273 e. The Bertz CT molecular complexity index is 95.1. The molecule has 0 bridgehead atoms. The minimum Gasteiger partial charge on any atom is -0.319 e. The lowest BCUT2D eigenvalue weighted by Crippen LogP contribution is -2.27. The van der Waals surface area contributed by atoms with Gasteiger partial charge in [-0.05, 0) is 7.05 Å². The molecule has 0 atom stereocenters. The largest absolute Gasteiger partial charge is 0.319 e. The van der Waals surface area contributed by atoms with Crippen molar-refractivity contribution < 1.29 is 0 Å². The zero-order valence-electron chi connectivity index (χ0n) is 6.73. The van der Waals surface area contributed by atoms with Gasteiger partial charge in [0.1, 0.15) is 0 Å². The highest BCUT2D eigenvalue weighted by molar-refractivity contribution is 5.64. The van der Waals surface area contributed by atoms with Crippen molar-refractivity contribution in [3.8, 4) is 0 Å². The fourth-order valence-corrected chi connectivity index (χ4v) is 0.851. The van der Waals surface area contributed by atoms with Crippen LogP contribution < -0.4 is 5.32 Å². The number of aliphatic imine (C=N–C) groups is 1. The van der Waals surface area contributed by atoms with Crippen LogP contribution in [0.1, 0.15) is 13.8 Å². The average Bonchev–Trinajstić information content (AvgIpc) is 1.64. The van der Waals surface area contributed by atoms with E-state index in [0.29, 0.717) is 0 Å². The molecule has 2 nitrogen and oxygen atoms in total. The first-order chi connectivity index (χ1) is 4.12. The molecule has 0 fully saturated rings. The highest BCUT2D eigenvalue weighted by atomic mass is 14.8. The van der Waals surface area contributed by atoms with Crippen molar-refractivity contribution in [1.29, 1.82) is 0 Å². The van der Waals surface area contributed by atoms with Crippen molar-refractivity contribution >= 4 is 6.21 Å². The summed E-state index contributed by atoms with van der Waals surface area (Å²) in [5.74, 6) is 0. The van der Waals surface area contributed by atoms with Crippen molar-refractivity contribution in [3.05, 3.63) is 0 Å². The van der Waals surface area contributed by atoms with Gasteiger partial charge >= 0.3 is 0 Å². The number of rotatable bonds is 3. The summed E-state index contributed by atoms with van der Waals surface area (Å²) >= 11 is 0. The van der Waals surface area contributed by atoms with Crippen LogP contribution >= 0.6 is 0 Å². The van der Waals surface area contributed by atoms with Crippen molar-refractivity contribution in [2.75, 3.05) is 20.6 Å². The third kappa shape index (κ3) is 4.15. The Morgan fingerprint density at radius 2 is 2.11 bits per heavy atom. The second-order valence-electron chi connectivity index (χ2n) is 2.91. The predicted octanol–water partition coefficient (Wildman–Crippen LogP) is 0.933. The van der Waals surface area contributed by atoms with E-state index in [9.17, 15) is 0 Å². The number of nitrogens with zero attached hydrogens (tertiary/aromatic N) is 1. The maximum atomic E-state index is 3.96. The first-order valence-electron chi connectivity index (χ1n) is 3.20. The summed E-state index contributed by atoms with van der Waals surface area (Å²) in [6, 6.07) is 0. The van der Waals surface area contributed by atoms with Crippen molar-refractivity contribution in [2.45, 2.75) is 13.8 Å². The summed E-state index contributed by atoms with van der Waals surface area (Å²) in [4.78, 5) is 3.96.